The minimum absolute atomic E-state index is 0.0728. The van der Waals surface area contributed by atoms with Crippen LogP contribution in [0.2, 0.25) is 0 Å². The largest absolute Gasteiger partial charge is 0.493 e. The van der Waals surface area contributed by atoms with Gasteiger partial charge < -0.3 is 19.9 Å². The van der Waals surface area contributed by atoms with Crippen LogP contribution < -0.4 is 14.8 Å². The van der Waals surface area contributed by atoms with Crippen LogP contribution >= 0.6 is 0 Å². The second kappa shape index (κ2) is 8.80. The first kappa shape index (κ1) is 16.8. The van der Waals surface area contributed by atoms with E-state index in [1.807, 2.05) is 30.3 Å². The molecular weight excluding hydrogens is 294 g/mol. The monoisotopic (exact) mass is 315 g/mol. The van der Waals surface area contributed by atoms with Crippen LogP contribution in [0.3, 0.4) is 0 Å². The molecule has 2 aromatic carbocycles. The van der Waals surface area contributed by atoms with Crippen molar-refractivity contribution in [2.75, 3.05) is 20.3 Å². The Kier molecular flexibility index (Phi) is 6.44. The van der Waals surface area contributed by atoms with Crippen molar-refractivity contribution >= 4 is 5.91 Å². The van der Waals surface area contributed by atoms with E-state index in [4.69, 9.17) is 14.6 Å². The van der Waals surface area contributed by atoms with Crippen molar-refractivity contribution in [3.05, 3.63) is 59.7 Å². The van der Waals surface area contributed by atoms with Gasteiger partial charge in [-0.25, -0.2) is 0 Å². The van der Waals surface area contributed by atoms with Crippen molar-refractivity contribution in [2.45, 2.75) is 13.0 Å². The van der Waals surface area contributed by atoms with Gasteiger partial charge in [-0.2, -0.15) is 0 Å². The van der Waals surface area contributed by atoms with Gasteiger partial charge in [0, 0.05) is 6.54 Å². The fraction of sp³-hybridized carbons (Fsp3) is 0.278. The Morgan fingerprint density at radius 2 is 1.87 bits per heavy atom. The van der Waals surface area contributed by atoms with E-state index in [0.717, 1.165) is 12.0 Å². The second-order valence-corrected chi connectivity index (χ2v) is 5.02. The van der Waals surface area contributed by atoms with Gasteiger partial charge in [0.2, 0.25) is 0 Å². The number of carbonyl (C=O) groups excluding carboxylic acids is 1. The lowest BCUT2D eigenvalue weighted by molar-refractivity contribution is -0.123. The van der Waals surface area contributed by atoms with Crippen LogP contribution in [-0.4, -0.2) is 31.3 Å². The molecule has 0 unspecified atom stereocenters. The highest BCUT2D eigenvalue weighted by Crippen LogP contribution is 2.27. The summed E-state index contributed by atoms with van der Waals surface area (Å²) in [5.41, 5.74) is 1.90. The van der Waals surface area contributed by atoms with E-state index in [-0.39, 0.29) is 19.1 Å². The Bertz CT molecular complexity index is 628. The van der Waals surface area contributed by atoms with E-state index in [2.05, 4.69) is 5.32 Å². The molecule has 0 saturated carbocycles. The Morgan fingerprint density at radius 1 is 1.09 bits per heavy atom. The molecule has 0 radical (unpaired) electrons. The lowest BCUT2D eigenvalue weighted by Crippen LogP contribution is -2.30. The number of rotatable bonds is 8. The Labute approximate surface area is 135 Å². The van der Waals surface area contributed by atoms with Gasteiger partial charge in [0.05, 0.1) is 13.7 Å². The van der Waals surface area contributed by atoms with Crippen molar-refractivity contribution in [3.63, 3.8) is 0 Å². The molecule has 0 aliphatic carbocycles. The zero-order valence-corrected chi connectivity index (χ0v) is 13.1. The first-order valence-corrected chi connectivity index (χ1v) is 7.44. The molecule has 0 aliphatic heterocycles. The smallest absolute Gasteiger partial charge is 0.257 e. The zero-order valence-electron chi connectivity index (χ0n) is 13.1. The highest BCUT2D eigenvalue weighted by molar-refractivity contribution is 5.77. The minimum atomic E-state index is -0.186. The van der Waals surface area contributed by atoms with Crippen molar-refractivity contribution in [2.24, 2.45) is 0 Å². The van der Waals surface area contributed by atoms with Gasteiger partial charge in [0.15, 0.2) is 18.1 Å². The molecule has 2 aromatic rings. The van der Waals surface area contributed by atoms with Crippen molar-refractivity contribution < 1.29 is 19.4 Å². The number of aliphatic hydroxyl groups excluding tert-OH is 1. The van der Waals surface area contributed by atoms with Gasteiger partial charge in [0.1, 0.15) is 0 Å². The maximum Gasteiger partial charge on any atom is 0.257 e. The van der Waals surface area contributed by atoms with E-state index < -0.39 is 0 Å². The number of hydrogen-bond acceptors (Lipinski definition) is 4. The Morgan fingerprint density at radius 3 is 2.57 bits per heavy atom. The van der Waals surface area contributed by atoms with Crippen LogP contribution in [0, 0.1) is 0 Å². The third kappa shape index (κ3) is 5.30. The first-order chi connectivity index (χ1) is 11.2. The third-order valence-corrected chi connectivity index (χ3v) is 3.35. The van der Waals surface area contributed by atoms with Crippen LogP contribution in [0.1, 0.15) is 11.1 Å². The number of benzene rings is 2. The normalized spacial score (nSPS) is 10.2. The van der Waals surface area contributed by atoms with Crippen LogP contribution in [-0.2, 0) is 17.8 Å². The number of ether oxygens (including phenoxy) is 2. The molecule has 0 aromatic heterocycles. The predicted octanol–water partition coefficient (Wildman–Crippen LogP) is 1.93. The molecule has 0 heterocycles. The van der Waals surface area contributed by atoms with Gasteiger partial charge in [-0.1, -0.05) is 36.4 Å². The molecule has 5 nitrogen and oxygen atoms in total. The first-order valence-electron chi connectivity index (χ1n) is 7.44. The van der Waals surface area contributed by atoms with Gasteiger partial charge >= 0.3 is 0 Å². The summed E-state index contributed by atoms with van der Waals surface area (Å²) < 4.78 is 10.7. The number of methoxy groups -OCH3 is 1. The fourth-order valence-corrected chi connectivity index (χ4v) is 2.11. The molecule has 1 amide bonds. The summed E-state index contributed by atoms with van der Waals surface area (Å²) in [6.07, 6.45) is 0.779. The highest BCUT2D eigenvalue weighted by atomic mass is 16.5. The SMILES string of the molecule is COc1cc(CO)ccc1OCC(=O)NCCc1ccccc1. The number of hydrogen-bond donors (Lipinski definition) is 2. The van der Waals surface area contributed by atoms with E-state index in [1.54, 1.807) is 18.2 Å². The van der Waals surface area contributed by atoms with E-state index in [1.165, 1.54) is 12.7 Å². The van der Waals surface area contributed by atoms with Gasteiger partial charge in [-0.15, -0.1) is 0 Å². The third-order valence-electron chi connectivity index (χ3n) is 3.35. The molecule has 5 heteroatoms. The molecule has 2 N–H and O–H groups in total. The molecule has 0 atom stereocenters. The molecule has 122 valence electrons. The molecular formula is C18H21NO4. The second-order valence-electron chi connectivity index (χ2n) is 5.02. The summed E-state index contributed by atoms with van der Waals surface area (Å²) in [4.78, 5) is 11.8. The lowest BCUT2D eigenvalue weighted by atomic mass is 10.1. The highest BCUT2D eigenvalue weighted by Gasteiger charge is 2.08. The predicted molar refractivity (Wildman–Crippen MR) is 87.6 cm³/mol. The molecule has 23 heavy (non-hydrogen) atoms. The average molecular weight is 315 g/mol. The quantitative estimate of drug-likeness (QED) is 0.781. The summed E-state index contributed by atoms with van der Waals surface area (Å²) in [6.45, 7) is 0.410. The maximum atomic E-state index is 11.8. The number of nitrogens with one attached hydrogen (secondary N) is 1. The fourth-order valence-electron chi connectivity index (χ4n) is 2.11. The van der Waals surface area contributed by atoms with Crippen molar-refractivity contribution in [3.8, 4) is 11.5 Å². The van der Waals surface area contributed by atoms with Gasteiger partial charge in [0.25, 0.3) is 5.91 Å². The molecule has 0 spiro atoms. The average Bonchev–Trinajstić information content (AvgIpc) is 2.60. The van der Waals surface area contributed by atoms with E-state index >= 15 is 0 Å². The molecule has 0 saturated heterocycles. The maximum absolute atomic E-state index is 11.8. The Hall–Kier alpha value is -2.53. The van der Waals surface area contributed by atoms with Crippen molar-refractivity contribution in [1.82, 2.24) is 5.32 Å². The summed E-state index contributed by atoms with van der Waals surface area (Å²) in [6, 6.07) is 15.1. The number of carbonyl (C=O) groups is 1. The zero-order chi connectivity index (χ0) is 16.5. The summed E-state index contributed by atoms with van der Waals surface area (Å²) in [5.74, 6) is 0.783. The summed E-state index contributed by atoms with van der Waals surface area (Å²) >= 11 is 0. The van der Waals surface area contributed by atoms with Gasteiger partial charge in [-0.05, 0) is 29.7 Å². The van der Waals surface area contributed by atoms with E-state index in [0.29, 0.717) is 18.0 Å². The summed E-state index contributed by atoms with van der Waals surface area (Å²) in [7, 11) is 1.52. The van der Waals surface area contributed by atoms with Crippen LogP contribution in [0.15, 0.2) is 48.5 Å². The van der Waals surface area contributed by atoms with Gasteiger partial charge in [-0.3, -0.25) is 4.79 Å². The number of amides is 1. The van der Waals surface area contributed by atoms with Crippen LogP contribution in [0.4, 0.5) is 0 Å². The lowest BCUT2D eigenvalue weighted by Gasteiger charge is -2.12. The topological polar surface area (TPSA) is 67.8 Å². The Balaban J connectivity index is 1.78. The van der Waals surface area contributed by atoms with Crippen LogP contribution in [0.25, 0.3) is 0 Å². The van der Waals surface area contributed by atoms with E-state index in [9.17, 15) is 4.79 Å². The van der Waals surface area contributed by atoms with Crippen LogP contribution in [0.5, 0.6) is 11.5 Å². The van der Waals surface area contributed by atoms with Crippen molar-refractivity contribution in [1.29, 1.82) is 0 Å². The molecule has 0 fully saturated rings. The molecule has 0 aliphatic rings. The molecule has 2 rings (SSSR count). The number of aliphatic hydroxyl groups is 1. The minimum Gasteiger partial charge on any atom is -0.493 e. The molecule has 0 bridgehead atoms. The standard InChI is InChI=1S/C18H21NO4/c1-22-17-11-15(12-20)7-8-16(17)23-13-18(21)19-10-9-14-5-3-2-4-6-14/h2-8,11,20H,9-10,12-13H2,1H3,(H,19,21). The summed E-state index contributed by atoms with van der Waals surface area (Å²) in [5, 5.41) is 11.9.